The van der Waals surface area contributed by atoms with Gasteiger partial charge in [0.2, 0.25) is 5.95 Å². The number of nitrogen functional groups attached to an aromatic ring is 1. The van der Waals surface area contributed by atoms with E-state index in [9.17, 15) is 14.7 Å². The molecule has 33 heavy (non-hydrogen) atoms. The van der Waals surface area contributed by atoms with Gasteiger partial charge in [0.05, 0.1) is 25.3 Å². The highest BCUT2D eigenvalue weighted by Crippen LogP contribution is 2.35. The van der Waals surface area contributed by atoms with Crippen molar-refractivity contribution in [2.24, 2.45) is 11.7 Å². The normalized spacial score (nSPS) is 15.3. The summed E-state index contributed by atoms with van der Waals surface area (Å²) in [6.45, 7) is 6.09. The molecule has 3 rings (SSSR count). The zero-order chi connectivity index (χ0) is 24.0. The van der Waals surface area contributed by atoms with Crippen LogP contribution in [0.5, 0.6) is 11.5 Å². The summed E-state index contributed by atoms with van der Waals surface area (Å²) in [6, 6.07) is 3.28. The van der Waals surface area contributed by atoms with E-state index in [1.807, 2.05) is 26.0 Å². The van der Waals surface area contributed by atoms with E-state index in [0.717, 1.165) is 17.7 Å². The Morgan fingerprint density at radius 1 is 1.24 bits per heavy atom. The highest BCUT2D eigenvalue weighted by molar-refractivity contribution is 5.91. The molecule has 1 unspecified atom stereocenters. The van der Waals surface area contributed by atoms with E-state index in [0.29, 0.717) is 66.8 Å². The Balaban J connectivity index is 1.73. The molecule has 1 aromatic carbocycles. The Kier molecular flexibility index (Phi) is 8.10. The number of amides is 1. The van der Waals surface area contributed by atoms with Crippen LogP contribution in [0.3, 0.4) is 0 Å². The van der Waals surface area contributed by atoms with Gasteiger partial charge in [0.15, 0.2) is 11.5 Å². The van der Waals surface area contributed by atoms with Crippen LogP contribution in [0.1, 0.15) is 26.7 Å². The second-order valence-corrected chi connectivity index (χ2v) is 7.93. The molecular formula is C22H32N6O5. The van der Waals surface area contributed by atoms with Crippen molar-refractivity contribution in [3.8, 4) is 11.5 Å². The molecule has 11 nitrogen and oxygen atoms in total. The number of hydrogen-bond acceptors (Lipinski definition) is 9. The quantitative estimate of drug-likeness (QED) is 0.446. The second-order valence-electron chi connectivity index (χ2n) is 7.93. The molecule has 1 saturated heterocycles. The molecule has 11 heteroatoms. The van der Waals surface area contributed by atoms with Crippen molar-refractivity contribution in [2.75, 3.05) is 50.0 Å². The number of aldehydes is 1. The van der Waals surface area contributed by atoms with Crippen molar-refractivity contribution in [2.45, 2.75) is 32.7 Å². The van der Waals surface area contributed by atoms with Crippen molar-refractivity contribution in [1.82, 2.24) is 14.9 Å². The van der Waals surface area contributed by atoms with Gasteiger partial charge in [-0.05, 0) is 38.7 Å². The van der Waals surface area contributed by atoms with Crippen LogP contribution < -0.4 is 25.8 Å². The van der Waals surface area contributed by atoms with Crippen molar-refractivity contribution in [3.05, 3.63) is 12.1 Å². The maximum Gasteiger partial charge on any atom is 0.407 e. The van der Waals surface area contributed by atoms with Crippen LogP contribution in [0.2, 0.25) is 0 Å². The zero-order valence-electron chi connectivity index (χ0n) is 19.1. The van der Waals surface area contributed by atoms with E-state index in [2.05, 4.69) is 9.88 Å². The molecule has 0 aliphatic carbocycles. The molecule has 1 aromatic heterocycles. The summed E-state index contributed by atoms with van der Waals surface area (Å²) in [6.07, 6.45) is 0.933. The molecule has 0 bridgehead atoms. The third-order valence-corrected chi connectivity index (χ3v) is 5.80. The third-order valence-electron chi connectivity index (χ3n) is 5.80. The summed E-state index contributed by atoms with van der Waals surface area (Å²) >= 11 is 0. The average molecular weight is 461 g/mol. The molecule has 1 aliphatic heterocycles. The maximum absolute atomic E-state index is 11.3. The van der Waals surface area contributed by atoms with Crippen LogP contribution in [0.4, 0.5) is 16.6 Å². The number of benzene rings is 1. The molecule has 0 spiro atoms. The standard InChI is InChI=1S/C22H32N6O5/c1-3-32-18-11-15-17(12-19(18)33-4-2)25-21(26-20(15)24)27-7-5-14(6-8-27)16(23)13-28(9-10-29)22(30)31/h10-12,14,16H,3-9,13,23H2,1-2H3,(H,30,31)(H2,24,25,26). The van der Waals surface area contributed by atoms with Gasteiger partial charge in [0, 0.05) is 37.1 Å². The maximum atomic E-state index is 11.3. The van der Waals surface area contributed by atoms with Crippen molar-refractivity contribution in [3.63, 3.8) is 0 Å². The molecule has 1 atom stereocenters. The number of carbonyl (C=O) groups excluding carboxylic acids is 1. The minimum atomic E-state index is -1.14. The molecule has 0 saturated carbocycles. The van der Waals surface area contributed by atoms with Gasteiger partial charge in [0.1, 0.15) is 12.1 Å². The number of piperidine rings is 1. The number of fused-ring (bicyclic) bond motifs is 1. The summed E-state index contributed by atoms with van der Waals surface area (Å²) in [7, 11) is 0. The summed E-state index contributed by atoms with van der Waals surface area (Å²) in [5, 5.41) is 9.91. The van der Waals surface area contributed by atoms with Gasteiger partial charge in [-0.2, -0.15) is 4.98 Å². The lowest BCUT2D eigenvalue weighted by Crippen LogP contribution is -2.48. The van der Waals surface area contributed by atoms with Gasteiger partial charge in [-0.25, -0.2) is 9.78 Å². The first kappa shape index (κ1) is 24.3. The zero-order valence-corrected chi connectivity index (χ0v) is 19.1. The van der Waals surface area contributed by atoms with Gasteiger partial charge in [-0.15, -0.1) is 0 Å². The van der Waals surface area contributed by atoms with Gasteiger partial charge in [-0.3, -0.25) is 4.90 Å². The number of nitrogens with two attached hydrogens (primary N) is 2. The number of anilines is 2. The first-order chi connectivity index (χ1) is 15.9. The van der Waals surface area contributed by atoms with Gasteiger partial charge in [-0.1, -0.05) is 0 Å². The Labute approximate surface area is 192 Å². The highest BCUT2D eigenvalue weighted by Gasteiger charge is 2.28. The lowest BCUT2D eigenvalue weighted by molar-refractivity contribution is -0.108. The SMILES string of the molecule is CCOc1cc2nc(N3CCC(C(N)CN(CC=O)C(=O)O)CC3)nc(N)c2cc1OCC. The van der Waals surface area contributed by atoms with Crippen molar-refractivity contribution >= 4 is 35.0 Å². The van der Waals surface area contributed by atoms with E-state index in [-0.39, 0.29) is 25.0 Å². The van der Waals surface area contributed by atoms with Crippen molar-refractivity contribution in [1.29, 1.82) is 0 Å². The van der Waals surface area contributed by atoms with Crippen LogP contribution in [0.15, 0.2) is 12.1 Å². The van der Waals surface area contributed by atoms with E-state index in [1.54, 1.807) is 0 Å². The predicted octanol–water partition coefficient (Wildman–Crippen LogP) is 1.73. The van der Waals surface area contributed by atoms with Gasteiger partial charge < -0.3 is 35.7 Å². The molecule has 0 radical (unpaired) electrons. The van der Waals surface area contributed by atoms with E-state index < -0.39 is 6.09 Å². The number of aromatic nitrogens is 2. The van der Waals surface area contributed by atoms with Gasteiger partial charge >= 0.3 is 6.09 Å². The van der Waals surface area contributed by atoms with Gasteiger partial charge in [0.25, 0.3) is 0 Å². The lowest BCUT2D eigenvalue weighted by Gasteiger charge is -2.36. The smallest absolute Gasteiger partial charge is 0.407 e. The summed E-state index contributed by atoms with van der Waals surface area (Å²) in [5.74, 6) is 2.25. The first-order valence-electron chi connectivity index (χ1n) is 11.2. The first-order valence-corrected chi connectivity index (χ1v) is 11.2. The third kappa shape index (κ3) is 5.72. The van der Waals surface area contributed by atoms with E-state index in [1.165, 1.54) is 0 Å². The topological polar surface area (TPSA) is 157 Å². The van der Waals surface area contributed by atoms with Crippen LogP contribution >= 0.6 is 0 Å². The van der Waals surface area contributed by atoms with Crippen LogP contribution in [0.25, 0.3) is 10.9 Å². The molecule has 1 fully saturated rings. The molecule has 2 aromatic rings. The van der Waals surface area contributed by atoms with Crippen LogP contribution in [0, 0.1) is 5.92 Å². The Morgan fingerprint density at radius 3 is 2.45 bits per heavy atom. The van der Waals surface area contributed by atoms with Crippen molar-refractivity contribution < 1.29 is 24.2 Å². The minimum absolute atomic E-state index is 0.126. The number of rotatable bonds is 10. The van der Waals surface area contributed by atoms with E-state index in [4.69, 9.17) is 25.9 Å². The predicted molar refractivity (Wildman–Crippen MR) is 125 cm³/mol. The largest absolute Gasteiger partial charge is 0.490 e. The Hall–Kier alpha value is -3.34. The molecule has 1 amide bonds. The number of nitrogens with zero attached hydrogens (tertiary/aromatic N) is 4. The molecule has 1 aliphatic rings. The fourth-order valence-corrected chi connectivity index (χ4v) is 4.08. The summed E-state index contributed by atoms with van der Waals surface area (Å²) < 4.78 is 11.4. The molecule has 180 valence electrons. The molecule has 5 N–H and O–H groups in total. The summed E-state index contributed by atoms with van der Waals surface area (Å²) in [5.41, 5.74) is 13.2. The highest BCUT2D eigenvalue weighted by atomic mass is 16.5. The average Bonchev–Trinajstić information content (AvgIpc) is 2.79. The summed E-state index contributed by atoms with van der Waals surface area (Å²) in [4.78, 5) is 34.3. The molecule has 2 heterocycles. The number of carbonyl (C=O) groups is 2. The molecular weight excluding hydrogens is 428 g/mol. The number of ether oxygens (including phenoxy) is 2. The Morgan fingerprint density at radius 2 is 1.88 bits per heavy atom. The van der Waals surface area contributed by atoms with Crippen LogP contribution in [-0.2, 0) is 4.79 Å². The Bertz CT molecular complexity index is 979. The fraction of sp³-hybridized carbons (Fsp3) is 0.545. The lowest BCUT2D eigenvalue weighted by atomic mass is 9.89. The monoisotopic (exact) mass is 460 g/mol. The fourth-order valence-electron chi connectivity index (χ4n) is 4.08. The second kappa shape index (κ2) is 11.0. The van der Waals surface area contributed by atoms with E-state index >= 15 is 0 Å². The minimum Gasteiger partial charge on any atom is -0.490 e. The van der Waals surface area contributed by atoms with Crippen LogP contribution in [-0.4, -0.2) is 77.8 Å². The number of carboxylic acid groups (broad SMARTS) is 1. The number of hydrogen-bond donors (Lipinski definition) is 3.